The highest BCUT2D eigenvalue weighted by atomic mass is 127. The topological polar surface area (TPSA) is 101 Å². The molecule has 0 radical (unpaired) electrons. The summed E-state index contributed by atoms with van der Waals surface area (Å²) in [6.07, 6.45) is 1.53. The van der Waals surface area contributed by atoms with E-state index in [0.717, 1.165) is 19.4 Å². The molecule has 0 atom stereocenters. The van der Waals surface area contributed by atoms with Crippen LogP contribution in [0.5, 0.6) is 0 Å². The summed E-state index contributed by atoms with van der Waals surface area (Å²) in [6.45, 7) is 9.77. The van der Waals surface area contributed by atoms with Gasteiger partial charge in [0.25, 0.3) is 0 Å². The molecule has 0 saturated carbocycles. The van der Waals surface area contributed by atoms with E-state index in [9.17, 15) is 9.59 Å². The minimum atomic E-state index is -0.502. The van der Waals surface area contributed by atoms with Gasteiger partial charge in [0, 0.05) is 32.6 Å². The van der Waals surface area contributed by atoms with Crippen molar-refractivity contribution in [2.75, 3.05) is 33.3 Å². The number of carbonyl (C=O) groups excluding carboxylic acids is 2. The lowest BCUT2D eigenvalue weighted by Crippen LogP contribution is -2.42. The normalized spacial score (nSPS) is 11.2. The number of hydrogen-bond donors (Lipinski definition) is 3. The lowest BCUT2D eigenvalue weighted by atomic mass is 10.2. The number of amides is 1. The Balaban J connectivity index is 0. The molecule has 0 heterocycles. The molecule has 0 aliphatic carbocycles. The molecule has 1 amide bonds. The summed E-state index contributed by atoms with van der Waals surface area (Å²) in [6, 6.07) is 0. The SMILES string of the molecule is CCNC(=NCCCCC(=O)OC)NCCNC(=O)OC(C)(C)C.I. The number of halogens is 1. The van der Waals surface area contributed by atoms with Crippen LogP contribution in [0.15, 0.2) is 4.99 Å². The van der Waals surface area contributed by atoms with Crippen LogP contribution in [0.1, 0.15) is 47.0 Å². The molecule has 0 saturated heterocycles. The largest absolute Gasteiger partial charge is 0.469 e. The van der Waals surface area contributed by atoms with E-state index in [1.807, 2.05) is 27.7 Å². The number of esters is 1. The highest BCUT2D eigenvalue weighted by Gasteiger charge is 2.15. The zero-order valence-corrected chi connectivity index (χ0v) is 18.3. The molecule has 3 N–H and O–H groups in total. The molecule has 0 spiro atoms. The number of carbonyl (C=O) groups is 2. The van der Waals surface area contributed by atoms with Crippen molar-refractivity contribution in [3.8, 4) is 0 Å². The first kappa shape index (κ1) is 26.0. The predicted octanol–water partition coefficient (Wildman–Crippen LogP) is 2.03. The van der Waals surface area contributed by atoms with Crippen molar-refractivity contribution in [1.82, 2.24) is 16.0 Å². The number of unbranched alkanes of at least 4 members (excludes halogenated alkanes) is 1. The van der Waals surface area contributed by atoms with Gasteiger partial charge < -0.3 is 25.4 Å². The first-order valence-corrected chi connectivity index (χ1v) is 8.34. The number of rotatable bonds is 9. The fourth-order valence-corrected chi connectivity index (χ4v) is 1.68. The van der Waals surface area contributed by atoms with Gasteiger partial charge in [-0.1, -0.05) is 0 Å². The van der Waals surface area contributed by atoms with Gasteiger partial charge in [-0.25, -0.2) is 4.79 Å². The quantitative estimate of drug-likeness (QED) is 0.156. The monoisotopic (exact) mass is 472 g/mol. The fourth-order valence-electron chi connectivity index (χ4n) is 1.68. The van der Waals surface area contributed by atoms with Crippen LogP contribution in [0, 0.1) is 0 Å². The second-order valence-corrected chi connectivity index (χ2v) is 6.15. The van der Waals surface area contributed by atoms with Gasteiger partial charge in [-0.3, -0.25) is 9.79 Å². The van der Waals surface area contributed by atoms with Crippen molar-refractivity contribution in [1.29, 1.82) is 0 Å². The van der Waals surface area contributed by atoms with Gasteiger partial charge in [-0.2, -0.15) is 0 Å². The van der Waals surface area contributed by atoms with Crippen molar-refractivity contribution in [2.45, 2.75) is 52.6 Å². The van der Waals surface area contributed by atoms with E-state index in [0.29, 0.717) is 32.0 Å². The van der Waals surface area contributed by atoms with E-state index in [4.69, 9.17) is 4.74 Å². The minimum absolute atomic E-state index is 0. The molecule has 25 heavy (non-hydrogen) atoms. The van der Waals surface area contributed by atoms with Crippen LogP contribution in [0.3, 0.4) is 0 Å². The van der Waals surface area contributed by atoms with Gasteiger partial charge in [-0.05, 0) is 40.5 Å². The molecule has 0 aromatic carbocycles. The molecule has 0 aliphatic heterocycles. The van der Waals surface area contributed by atoms with Crippen molar-refractivity contribution in [2.24, 2.45) is 4.99 Å². The van der Waals surface area contributed by atoms with Crippen LogP contribution in [0.25, 0.3) is 0 Å². The maximum Gasteiger partial charge on any atom is 0.407 e. The number of hydrogen-bond acceptors (Lipinski definition) is 5. The summed E-state index contributed by atoms with van der Waals surface area (Å²) < 4.78 is 9.74. The Hall–Kier alpha value is -1.26. The third-order valence-electron chi connectivity index (χ3n) is 2.72. The van der Waals surface area contributed by atoms with Crippen LogP contribution >= 0.6 is 24.0 Å². The van der Waals surface area contributed by atoms with E-state index >= 15 is 0 Å². The molecule has 0 aliphatic rings. The fraction of sp³-hybridized carbons (Fsp3) is 0.812. The van der Waals surface area contributed by atoms with Crippen molar-refractivity contribution >= 4 is 42.0 Å². The maximum absolute atomic E-state index is 11.5. The van der Waals surface area contributed by atoms with E-state index in [-0.39, 0.29) is 29.9 Å². The maximum atomic E-state index is 11.5. The standard InChI is InChI=1S/C16H32N4O4.HI/c1-6-17-14(18-10-8-7-9-13(21)23-5)19-11-12-20-15(22)24-16(2,3)4;/h6-12H2,1-5H3,(H,20,22)(H2,17,18,19);1H. The number of nitrogens with one attached hydrogen (secondary N) is 3. The van der Waals surface area contributed by atoms with Crippen LogP contribution in [-0.4, -0.2) is 56.9 Å². The second kappa shape index (κ2) is 15.0. The number of nitrogens with zero attached hydrogens (tertiary/aromatic N) is 1. The van der Waals surface area contributed by atoms with E-state index in [1.54, 1.807) is 0 Å². The Morgan fingerprint density at radius 2 is 1.68 bits per heavy atom. The van der Waals surface area contributed by atoms with Crippen LogP contribution < -0.4 is 16.0 Å². The Morgan fingerprint density at radius 1 is 1.04 bits per heavy atom. The number of methoxy groups -OCH3 is 1. The predicted molar refractivity (Wildman–Crippen MR) is 110 cm³/mol. The van der Waals surface area contributed by atoms with Gasteiger partial charge in [0.2, 0.25) is 0 Å². The van der Waals surface area contributed by atoms with Gasteiger partial charge in [0.05, 0.1) is 7.11 Å². The summed E-state index contributed by atoms with van der Waals surface area (Å²) >= 11 is 0. The lowest BCUT2D eigenvalue weighted by Gasteiger charge is -2.19. The number of alkyl carbamates (subject to hydrolysis) is 1. The summed E-state index contributed by atoms with van der Waals surface area (Å²) in [5, 5.41) is 8.92. The third kappa shape index (κ3) is 17.4. The van der Waals surface area contributed by atoms with Gasteiger partial charge in [0.1, 0.15) is 5.60 Å². The summed E-state index contributed by atoms with van der Waals surface area (Å²) in [7, 11) is 1.39. The zero-order valence-electron chi connectivity index (χ0n) is 15.9. The minimum Gasteiger partial charge on any atom is -0.469 e. The first-order chi connectivity index (χ1) is 11.3. The lowest BCUT2D eigenvalue weighted by molar-refractivity contribution is -0.140. The number of aliphatic imine (C=N–C) groups is 1. The van der Waals surface area contributed by atoms with Gasteiger partial charge in [0.15, 0.2) is 5.96 Å². The van der Waals surface area contributed by atoms with Crippen LogP contribution in [0.2, 0.25) is 0 Å². The smallest absolute Gasteiger partial charge is 0.407 e. The molecule has 0 rings (SSSR count). The van der Waals surface area contributed by atoms with Crippen LogP contribution in [-0.2, 0) is 14.3 Å². The summed E-state index contributed by atoms with van der Waals surface area (Å²) in [5.74, 6) is 0.485. The van der Waals surface area contributed by atoms with Crippen molar-refractivity contribution in [3.05, 3.63) is 0 Å². The Bertz CT molecular complexity index is 411. The molecular formula is C16H33IN4O4. The molecule has 148 valence electrons. The molecule has 9 heteroatoms. The average Bonchev–Trinajstić information content (AvgIpc) is 2.48. The van der Waals surface area contributed by atoms with E-state index < -0.39 is 11.7 Å². The third-order valence-corrected chi connectivity index (χ3v) is 2.72. The summed E-state index contributed by atoms with van der Waals surface area (Å²) in [5.41, 5.74) is -0.502. The van der Waals surface area contributed by atoms with E-state index in [1.165, 1.54) is 7.11 Å². The number of ether oxygens (including phenoxy) is 2. The average molecular weight is 472 g/mol. The van der Waals surface area contributed by atoms with Crippen molar-refractivity contribution < 1.29 is 19.1 Å². The molecule has 0 aromatic rings. The highest BCUT2D eigenvalue weighted by molar-refractivity contribution is 14.0. The van der Waals surface area contributed by atoms with E-state index in [2.05, 4.69) is 25.7 Å². The second-order valence-electron chi connectivity index (χ2n) is 6.15. The molecular weight excluding hydrogens is 439 g/mol. The van der Waals surface area contributed by atoms with Crippen molar-refractivity contribution in [3.63, 3.8) is 0 Å². The van der Waals surface area contributed by atoms with Crippen LogP contribution in [0.4, 0.5) is 4.79 Å². The van der Waals surface area contributed by atoms with Gasteiger partial charge >= 0.3 is 12.1 Å². The molecule has 0 unspecified atom stereocenters. The zero-order chi connectivity index (χ0) is 18.4. The van der Waals surface area contributed by atoms with Gasteiger partial charge in [-0.15, -0.1) is 24.0 Å². The molecule has 0 fully saturated rings. The molecule has 0 aromatic heterocycles. The Labute approximate surface area is 167 Å². The Morgan fingerprint density at radius 3 is 2.24 bits per heavy atom. The number of guanidine groups is 1. The molecule has 0 bridgehead atoms. The Kier molecular flexibility index (Phi) is 15.6. The molecule has 8 nitrogen and oxygen atoms in total. The highest BCUT2D eigenvalue weighted by Crippen LogP contribution is 2.05. The first-order valence-electron chi connectivity index (χ1n) is 8.34. The summed E-state index contributed by atoms with van der Waals surface area (Å²) in [4.78, 5) is 26.9.